The molecule has 0 aliphatic rings. The van der Waals surface area contributed by atoms with Gasteiger partial charge in [-0.2, -0.15) is 0 Å². The van der Waals surface area contributed by atoms with E-state index >= 15 is 0 Å². The van der Waals surface area contributed by atoms with E-state index in [0.717, 1.165) is 44.9 Å². The largest absolute Gasteiger partial charge is 0.466 e. The molecule has 0 aliphatic carbocycles. The van der Waals surface area contributed by atoms with Crippen molar-refractivity contribution in [3.8, 4) is 0 Å². The van der Waals surface area contributed by atoms with Crippen LogP contribution in [0.2, 0.25) is 0 Å². The van der Waals surface area contributed by atoms with Gasteiger partial charge in [0.25, 0.3) is 0 Å². The Bertz CT molecular complexity index is 1220. The number of carbonyl (C=O) groups excluding carboxylic acids is 2. The molecule has 0 rings (SSSR count). The van der Waals surface area contributed by atoms with Gasteiger partial charge in [0, 0.05) is 12.8 Å². The number of ether oxygens (including phenoxy) is 1. The number of esters is 1. The fraction of sp³-hybridized carbons (Fsp3) is 0.917. The fourth-order valence-electron chi connectivity index (χ4n) is 11.3. The molecule has 0 saturated heterocycles. The van der Waals surface area contributed by atoms with Gasteiger partial charge in [-0.3, -0.25) is 9.59 Å². The number of allylic oxidation sites excluding steroid dienone is 4. The van der Waals surface area contributed by atoms with Crippen LogP contribution in [-0.4, -0.2) is 47.4 Å². The van der Waals surface area contributed by atoms with Crippen LogP contribution in [0.1, 0.15) is 399 Å². The van der Waals surface area contributed by atoms with E-state index < -0.39 is 12.1 Å². The van der Waals surface area contributed by atoms with E-state index in [9.17, 15) is 19.8 Å². The third-order valence-corrected chi connectivity index (χ3v) is 16.7. The summed E-state index contributed by atoms with van der Waals surface area (Å²) in [6, 6.07) is -0.548. The van der Waals surface area contributed by atoms with E-state index in [1.54, 1.807) is 0 Å². The molecule has 0 aromatic rings. The van der Waals surface area contributed by atoms with Gasteiger partial charge in [0.15, 0.2) is 0 Å². The lowest BCUT2D eigenvalue weighted by Gasteiger charge is -2.22. The highest BCUT2D eigenvalue weighted by Crippen LogP contribution is 2.19. The second-order valence-electron chi connectivity index (χ2n) is 24.6. The van der Waals surface area contributed by atoms with Crippen molar-refractivity contribution in [2.45, 2.75) is 411 Å². The second kappa shape index (κ2) is 67.8. The predicted octanol–water partition coefficient (Wildman–Crippen LogP) is 22.9. The van der Waals surface area contributed by atoms with Gasteiger partial charge in [0.05, 0.1) is 25.4 Å². The average Bonchev–Trinajstić information content (AvgIpc) is 3.44. The molecule has 0 aromatic heterocycles. The van der Waals surface area contributed by atoms with Gasteiger partial charge in [-0.05, 0) is 77.0 Å². The van der Waals surface area contributed by atoms with Crippen molar-refractivity contribution in [3.63, 3.8) is 0 Å². The lowest BCUT2D eigenvalue weighted by Crippen LogP contribution is -2.45. The van der Waals surface area contributed by atoms with Crippen LogP contribution in [0.15, 0.2) is 24.3 Å². The highest BCUT2D eigenvalue weighted by molar-refractivity contribution is 5.76. The van der Waals surface area contributed by atoms with E-state index in [1.807, 2.05) is 0 Å². The van der Waals surface area contributed by atoms with Crippen LogP contribution in [0.3, 0.4) is 0 Å². The van der Waals surface area contributed by atoms with Gasteiger partial charge in [-0.15, -0.1) is 0 Å². The van der Waals surface area contributed by atoms with Crippen LogP contribution in [0, 0.1) is 0 Å². The third-order valence-electron chi connectivity index (χ3n) is 16.7. The summed E-state index contributed by atoms with van der Waals surface area (Å²) in [7, 11) is 0. The summed E-state index contributed by atoms with van der Waals surface area (Å²) in [5.41, 5.74) is 0. The molecule has 0 radical (unpaired) electrons. The summed E-state index contributed by atoms with van der Waals surface area (Å²) in [4.78, 5) is 24.6. The molecule has 0 saturated carbocycles. The zero-order valence-electron chi connectivity index (χ0n) is 52.9. The maximum atomic E-state index is 12.5. The van der Waals surface area contributed by atoms with E-state index in [2.05, 4.69) is 43.5 Å². The zero-order chi connectivity index (χ0) is 56.4. The Labute approximate surface area is 488 Å². The van der Waals surface area contributed by atoms with E-state index in [0.29, 0.717) is 25.9 Å². The van der Waals surface area contributed by atoms with E-state index in [1.165, 1.54) is 321 Å². The second-order valence-corrected chi connectivity index (χ2v) is 24.6. The number of amides is 1. The molecule has 2 atom stereocenters. The first-order chi connectivity index (χ1) is 38.5. The van der Waals surface area contributed by atoms with Crippen LogP contribution < -0.4 is 5.32 Å². The standard InChI is InChI=1S/C72H139NO5/c1-3-5-7-9-11-13-15-17-19-21-22-23-24-27-30-33-36-40-44-48-52-56-60-64-70(75)69(68-74)73-71(76)65-61-57-53-49-45-41-37-34-31-28-25-26-29-32-35-39-43-47-51-55-59-63-67-78-72(77)66-62-58-54-50-46-42-38-20-18-16-14-12-10-8-6-4-2/h20,28,31,38,69-70,74-75H,3-19,21-27,29-30,32-37,39-68H2,1-2H3,(H,73,76)/b31-28-,38-20-. The van der Waals surface area contributed by atoms with Gasteiger partial charge in [-0.1, -0.05) is 334 Å². The van der Waals surface area contributed by atoms with Crippen molar-refractivity contribution < 1.29 is 24.5 Å². The number of aliphatic hydroxyl groups excluding tert-OH is 2. The summed E-state index contributed by atoms with van der Waals surface area (Å²) in [6.07, 6.45) is 85.1. The van der Waals surface area contributed by atoms with Crippen LogP contribution in [-0.2, 0) is 14.3 Å². The summed E-state index contributed by atoms with van der Waals surface area (Å²) in [5.74, 6) is -0.0339. The lowest BCUT2D eigenvalue weighted by atomic mass is 10.0. The van der Waals surface area contributed by atoms with Crippen LogP contribution >= 0.6 is 0 Å². The van der Waals surface area contributed by atoms with Crippen molar-refractivity contribution in [2.75, 3.05) is 13.2 Å². The molecule has 0 aliphatic heterocycles. The average molecular weight is 1100 g/mol. The maximum absolute atomic E-state index is 12.5. The molecule has 6 nitrogen and oxygen atoms in total. The summed E-state index contributed by atoms with van der Waals surface area (Å²) < 4.78 is 5.49. The molecule has 462 valence electrons. The normalized spacial score (nSPS) is 12.6. The van der Waals surface area contributed by atoms with Crippen LogP contribution in [0.25, 0.3) is 0 Å². The minimum absolute atomic E-state index is 0.00360. The molecule has 2 unspecified atom stereocenters. The molecule has 0 aromatic carbocycles. The molecule has 1 amide bonds. The highest BCUT2D eigenvalue weighted by atomic mass is 16.5. The van der Waals surface area contributed by atoms with Crippen molar-refractivity contribution >= 4 is 11.9 Å². The molecule has 0 heterocycles. The number of unbranched alkanes of at least 4 members (excludes halogenated alkanes) is 52. The third kappa shape index (κ3) is 63.5. The van der Waals surface area contributed by atoms with Crippen molar-refractivity contribution in [3.05, 3.63) is 24.3 Å². The molecule has 6 heteroatoms. The van der Waals surface area contributed by atoms with Gasteiger partial charge in [0.1, 0.15) is 0 Å². The zero-order valence-corrected chi connectivity index (χ0v) is 52.9. The topological polar surface area (TPSA) is 95.9 Å². The van der Waals surface area contributed by atoms with Crippen LogP contribution in [0.4, 0.5) is 0 Å². The van der Waals surface area contributed by atoms with Gasteiger partial charge >= 0.3 is 5.97 Å². The quantitative estimate of drug-likeness (QED) is 0.0320. The number of aliphatic hydroxyl groups is 2. The fourth-order valence-corrected chi connectivity index (χ4v) is 11.3. The minimum Gasteiger partial charge on any atom is -0.466 e. The van der Waals surface area contributed by atoms with E-state index in [4.69, 9.17) is 4.74 Å². The van der Waals surface area contributed by atoms with Gasteiger partial charge in [0.2, 0.25) is 5.91 Å². The molecular weight excluding hydrogens is 959 g/mol. The molecule has 3 N–H and O–H groups in total. The number of hydrogen-bond donors (Lipinski definition) is 3. The SMILES string of the molecule is CCCCCCCCC/C=C\CCCCCCCC(=O)OCCCCCCCCCCCCC/C=C\CCCCCCCCCC(=O)NC(CO)C(O)CCCCCCCCCCCCCCCCCCCCCCCCC. The maximum Gasteiger partial charge on any atom is 0.305 e. The Balaban J connectivity index is 3.41. The number of hydrogen-bond acceptors (Lipinski definition) is 5. The minimum atomic E-state index is -0.670. The van der Waals surface area contributed by atoms with Crippen LogP contribution in [0.5, 0.6) is 0 Å². The number of nitrogens with one attached hydrogen (secondary N) is 1. The lowest BCUT2D eigenvalue weighted by molar-refractivity contribution is -0.143. The first-order valence-electron chi connectivity index (χ1n) is 35.6. The monoisotopic (exact) mass is 1100 g/mol. The highest BCUT2D eigenvalue weighted by Gasteiger charge is 2.20. The summed E-state index contributed by atoms with van der Waals surface area (Å²) in [6.45, 7) is 4.98. The molecule has 0 fully saturated rings. The molecule has 78 heavy (non-hydrogen) atoms. The first kappa shape index (κ1) is 76.3. The van der Waals surface area contributed by atoms with Crippen molar-refractivity contribution in [1.29, 1.82) is 0 Å². The van der Waals surface area contributed by atoms with E-state index in [-0.39, 0.29) is 18.5 Å². The number of rotatable bonds is 67. The summed E-state index contributed by atoms with van der Waals surface area (Å²) in [5, 5.41) is 23.4. The molecular formula is C72H139NO5. The number of carbonyl (C=O) groups is 2. The Morgan fingerprint density at radius 2 is 0.603 bits per heavy atom. The van der Waals surface area contributed by atoms with Crippen molar-refractivity contribution in [1.82, 2.24) is 5.32 Å². The molecule has 0 bridgehead atoms. The Hall–Kier alpha value is -1.66. The first-order valence-corrected chi connectivity index (χ1v) is 35.6. The Kier molecular flexibility index (Phi) is 66.4. The van der Waals surface area contributed by atoms with Gasteiger partial charge in [-0.25, -0.2) is 0 Å². The summed E-state index contributed by atoms with van der Waals surface area (Å²) >= 11 is 0. The predicted molar refractivity (Wildman–Crippen MR) is 343 cm³/mol. The Morgan fingerprint density at radius 3 is 0.910 bits per heavy atom. The Morgan fingerprint density at radius 1 is 0.346 bits per heavy atom. The van der Waals surface area contributed by atoms with Crippen molar-refractivity contribution in [2.24, 2.45) is 0 Å². The molecule has 0 spiro atoms. The smallest absolute Gasteiger partial charge is 0.305 e. The van der Waals surface area contributed by atoms with Gasteiger partial charge < -0.3 is 20.3 Å².